The molecule has 0 aromatic heterocycles. The molecule has 0 heterocycles. The number of benzene rings is 1. The molecule has 0 aliphatic carbocycles. The van der Waals surface area contributed by atoms with E-state index < -0.39 is 10.0 Å². The van der Waals surface area contributed by atoms with Crippen LogP contribution in [-0.4, -0.2) is 27.4 Å². The van der Waals surface area contributed by atoms with Crippen molar-refractivity contribution in [3.05, 3.63) is 18.2 Å². The fourth-order valence-electron chi connectivity index (χ4n) is 1.36. The topological polar surface area (TPSA) is 127 Å². The summed E-state index contributed by atoms with van der Waals surface area (Å²) in [5.74, 6) is -0.161. The minimum Gasteiger partial charge on any atom is -0.398 e. The highest BCUT2D eigenvalue weighted by Crippen LogP contribution is 2.21. The second-order valence-corrected chi connectivity index (χ2v) is 5.13. The summed E-state index contributed by atoms with van der Waals surface area (Å²) < 4.78 is 22.3. The molecule has 0 fully saturated rings. The fraction of sp³-hybridized carbons (Fsp3) is 0.300. The summed E-state index contributed by atoms with van der Waals surface area (Å²) in [5, 5.41) is 10.4. The molecule has 1 rings (SSSR count). The SMILES string of the molecule is CCNC(=O)CNc1ccc(S(N)(=O)=O)c(N)c1. The van der Waals surface area contributed by atoms with Gasteiger partial charge < -0.3 is 16.4 Å². The van der Waals surface area contributed by atoms with Gasteiger partial charge in [0.05, 0.1) is 12.2 Å². The highest BCUT2D eigenvalue weighted by Gasteiger charge is 2.12. The van der Waals surface area contributed by atoms with E-state index in [-0.39, 0.29) is 23.0 Å². The van der Waals surface area contributed by atoms with Crippen molar-refractivity contribution < 1.29 is 13.2 Å². The number of anilines is 2. The molecule has 1 amide bonds. The third-order valence-corrected chi connectivity index (χ3v) is 3.13. The van der Waals surface area contributed by atoms with E-state index in [2.05, 4.69) is 10.6 Å². The predicted molar refractivity (Wildman–Crippen MR) is 69.4 cm³/mol. The van der Waals surface area contributed by atoms with Crippen LogP contribution in [0.3, 0.4) is 0 Å². The Bertz CT molecular complexity index is 542. The van der Waals surface area contributed by atoms with Gasteiger partial charge in [-0.25, -0.2) is 13.6 Å². The number of likely N-dealkylation sites (N-methyl/N-ethyl adjacent to an activating group) is 1. The average Bonchev–Trinajstić information content (AvgIpc) is 2.25. The number of rotatable bonds is 5. The Morgan fingerprint density at radius 1 is 1.39 bits per heavy atom. The van der Waals surface area contributed by atoms with Gasteiger partial charge in [-0.2, -0.15) is 0 Å². The van der Waals surface area contributed by atoms with Gasteiger partial charge in [-0.3, -0.25) is 4.79 Å². The lowest BCUT2D eigenvalue weighted by molar-refractivity contribution is -0.119. The standard InChI is InChI=1S/C10H16N4O3S/c1-2-13-10(15)6-14-7-3-4-9(8(11)5-7)18(12,16)17/h3-5,14H,2,6,11H2,1H3,(H,13,15)(H2,12,16,17). The van der Waals surface area contributed by atoms with Crippen LogP contribution >= 0.6 is 0 Å². The van der Waals surface area contributed by atoms with E-state index >= 15 is 0 Å². The summed E-state index contributed by atoms with van der Waals surface area (Å²) in [5.41, 5.74) is 6.16. The van der Waals surface area contributed by atoms with Gasteiger partial charge in [-0.15, -0.1) is 0 Å². The Kier molecular flexibility index (Phi) is 4.51. The predicted octanol–water partition coefficient (Wildman–Crippen LogP) is -0.536. The first-order valence-electron chi connectivity index (χ1n) is 5.27. The number of nitrogens with two attached hydrogens (primary N) is 2. The Hall–Kier alpha value is -1.80. The molecule has 0 unspecified atom stereocenters. The van der Waals surface area contributed by atoms with Crippen LogP contribution in [0.25, 0.3) is 0 Å². The number of carbonyl (C=O) groups excluding carboxylic acids is 1. The second kappa shape index (κ2) is 5.69. The molecule has 0 aliphatic rings. The number of sulfonamides is 1. The van der Waals surface area contributed by atoms with E-state index in [1.54, 1.807) is 0 Å². The van der Waals surface area contributed by atoms with Crippen LogP contribution in [0.2, 0.25) is 0 Å². The highest BCUT2D eigenvalue weighted by molar-refractivity contribution is 7.89. The number of carbonyl (C=O) groups is 1. The first kappa shape index (κ1) is 14.3. The van der Waals surface area contributed by atoms with Crippen molar-refractivity contribution in [2.45, 2.75) is 11.8 Å². The lowest BCUT2D eigenvalue weighted by atomic mass is 10.3. The van der Waals surface area contributed by atoms with Crippen molar-refractivity contribution in [1.82, 2.24) is 5.32 Å². The third-order valence-electron chi connectivity index (χ3n) is 2.14. The Labute approximate surface area is 106 Å². The molecular formula is C10H16N4O3S. The van der Waals surface area contributed by atoms with E-state index in [9.17, 15) is 13.2 Å². The van der Waals surface area contributed by atoms with E-state index in [4.69, 9.17) is 10.9 Å². The average molecular weight is 272 g/mol. The maximum atomic E-state index is 11.2. The molecule has 8 heteroatoms. The lowest BCUT2D eigenvalue weighted by Gasteiger charge is -2.09. The van der Waals surface area contributed by atoms with E-state index in [0.717, 1.165) is 0 Å². The minimum atomic E-state index is -3.82. The van der Waals surface area contributed by atoms with Gasteiger partial charge in [0.15, 0.2) is 0 Å². The molecule has 0 radical (unpaired) electrons. The third kappa shape index (κ3) is 3.90. The lowest BCUT2D eigenvalue weighted by Crippen LogP contribution is -2.29. The fourth-order valence-corrected chi connectivity index (χ4v) is 2.00. The van der Waals surface area contributed by atoms with Crippen LogP contribution in [0.4, 0.5) is 11.4 Å². The molecule has 7 nitrogen and oxygen atoms in total. The van der Waals surface area contributed by atoms with Crippen molar-refractivity contribution in [3.8, 4) is 0 Å². The molecule has 0 atom stereocenters. The monoisotopic (exact) mass is 272 g/mol. The quantitative estimate of drug-likeness (QED) is 0.535. The molecule has 0 saturated heterocycles. The van der Waals surface area contributed by atoms with Gasteiger partial charge in [0.25, 0.3) is 0 Å². The normalized spacial score (nSPS) is 11.0. The Morgan fingerprint density at radius 3 is 2.56 bits per heavy atom. The van der Waals surface area contributed by atoms with Crippen LogP contribution in [0.5, 0.6) is 0 Å². The maximum Gasteiger partial charge on any atom is 0.240 e. The minimum absolute atomic E-state index is 0.0402. The zero-order valence-electron chi connectivity index (χ0n) is 9.93. The number of primary sulfonamides is 1. The molecule has 100 valence electrons. The van der Waals surface area contributed by atoms with Crippen LogP contribution in [0, 0.1) is 0 Å². The van der Waals surface area contributed by atoms with Gasteiger partial charge in [-0.1, -0.05) is 0 Å². The molecule has 18 heavy (non-hydrogen) atoms. The summed E-state index contributed by atoms with van der Waals surface area (Å²) in [6.45, 7) is 2.45. The van der Waals surface area contributed by atoms with Crippen molar-refractivity contribution in [2.75, 3.05) is 24.1 Å². The zero-order chi connectivity index (χ0) is 13.8. The van der Waals surface area contributed by atoms with Crippen molar-refractivity contribution in [2.24, 2.45) is 5.14 Å². The van der Waals surface area contributed by atoms with Gasteiger partial charge in [0.1, 0.15) is 4.90 Å². The summed E-state index contributed by atoms with van der Waals surface area (Å²) >= 11 is 0. The second-order valence-electron chi connectivity index (χ2n) is 3.60. The number of nitrogens with one attached hydrogen (secondary N) is 2. The molecule has 0 spiro atoms. The molecular weight excluding hydrogens is 256 g/mol. The number of hydrogen-bond donors (Lipinski definition) is 4. The van der Waals surface area contributed by atoms with Gasteiger partial charge in [0, 0.05) is 12.2 Å². The van der Waals surface area contributed by atoms with Gasteiger partial charge >= 0.3 is 0 Å². The molecule has 6 N–H and O–H groups in total. The number of hydrogen-bond acceptors (Lipinski definition) is 5. The highest BCUT2D eigenvalue weighted by atomic mass is 32.2. The van der Waals surface area contributed by atoms with Gasteiger partial charge in [0.2, 0.25) is 15.9 Å². The van der Waals surface area contributed by atoms with Crippen molar-refractivity contribution in [1.29, 1.82) is 0 Å². The van der Waals surface area contributed by atoms with Crippen LogP contribution in [0.1, 0.15) is 6.92 Å². The van der Waals surface area contributed by atoms with E-state index in [0.29, 0.717) is 12.2 Å². The number of nitrogen functional groups attached to an aromatic ring is 1. The van der Waals surface area contributed by atoms with Crippen molar-refractivity contribution in [3.63, 3.8) is 0 Å². The summed E-state index contributed by atoms with van der Waals surface area (Å²) in [7, 11) is -3.82. The summed E-state index contributed by atoms with van der Waals surface area (Å²) in [6, 6.07) is 4.21. The molecule has 0 bridgehead atoms. The van der Waals surface area contributed by atoms with E-state index in [1.165, 1.54) is 18.2 Å². The first-order valence-corrected chi connectivity index (χ1v) is 6.82. The van der Waals surface area contributed by atoms with Crippen molar-refractivity contribution >= 4 is 27.3 Å². The molecule has 0 aliphatic heterocycles. The molecule has 1 aromatic rings. The molecule has 1 aromatic carbocycles. The Morgan fingerprint density at radius 2 is 2.06 bits per heavy atom. The number of amides is 1. The largest absolute Gasteiger partial charge is 0.398 e. The van der Waals surface area contributed by atoms with E-state index in [1.807, 2.05) is 6.92 Å². The van der Waals surface area contributed by atoms with Crippen LogP contribution in [0.15, 0.2) is 23.1 Å². The van der Waals surface area contributed by atoms with Crippen LogP contribution in [-0.2, 0) is 14.8 Å². The Balaban J connectivity index is 2.77. The summed E-state index contributed by atoms with van der Waals surface area (Å²) in [4.78, 5) is 11.1. The summed E-state index contributed by atoms with van der Waals surface area (Å²) in [6.07, 6.45) is 0. The van der Waals surface area contributed by atoms with Crippen LogP contribution < -0.4 is 21.5 Å². The first-order chi connectivity index (χ1) is 8.34. The maximum absolute atomic E-state index is 11.2. The van der Waals surface area contributed by atoms with Gasteiger partial charge in [-0.05, 0) is 25.1 Å². The molecule has 0 saturated carbocycles. The zero-order valence-corrected chi connectivity index (χ0v) is 10.8. The smallest absolute Gasteiger partial charge is 0.240 e.